The summed E-state index contributed by atoms with van der Waals surface area (Å²) in [5.41, 5.74) is 19.7. The Morgan fingerprint density at radius 1 is 0.292 bits per heavy atom. The maximum Gasteiger partial charge on any atom is 0.136 e. The molecule has 12 aromatic rings. The number of nitrogens with zero attached hydrogens (tertiary/aromatic N) is 1. The summed E-state index contributed by atoms with van der Waals surface area (Å²) in [6.07, 6.45) is 0. The number of furan rings is 1. The lowest BCUT2D eigenvalue weighted by Crippen LogP contribution is -2.26. The Balaban J connectivity index is 1.02. The molecule has 302 valence electrons. The van der Waals surface area contributed by atoms with E-state index in [2.05, 4.69) is 241 Å². The van der Waals surface area contributed by atoms with Crippen molar-refractivity contribution < 1.29 is 4.42 Å². The van der Waals surface area contributed by atoms with E-state index in [1.165, 1.54) is 77.2 Å². The van der Waals surface area contributed by atoms with Crippen molar-refractivity contribution in [1.29, 1.82) is 0 Å². The molecule has 0 radical (unpaired) electrons. The zero-order valence-electron chi connectivity index (χ0n) is 35.4. The molecule has 0 aliphatic heterocycles. The summed E-state index contributed by atoms with van der Waals surface area (Å²) >= 11 is 0. The van der Waals surface area contributed by atoms with Crippen molar-refractivity contribution in [3.63, 3.8) is 0 Å². The number of para-hydroxylation sites is 1. The molecule has 0 bridgehead atoms. The molecular weight excluding hydrogens is 787 g/mol. The predicted molar refractivity (Wildman–Crippen MR) is 271 cm³/mol. The molecule has 2 aliphatic rings. The summed E-state index contributed by atoms with van der Waals surface area (Å²) in [4.78, 5) is 2.48. The number of benzene rings is 11. The molecular formula is C63H39NO. The monoisotopic (exact) mass is 825 g/mol. The summed E-state index contributed by atoms with van der Waals surface area (Å²) in [6.45, 7) is 0. The largest absolute Gasteiger partial charge is 0.456 e. The van der Waals surface area contributed by atoms with E-state index in [4.69, 9.17) is 4.42 Å². The van der Waals surface area contributed by atoms with Crippen LogP contribution in [0.25, 0.3) is 88.0 Å². The van der Waals surface area contributed by atoms with Crippen molar-refractivity contribution in [2.45, 2.75) is 5.41 Å². The normalized spacial score (nSPS) is 13.0. The van der Waals surface area contributed by atoms with Crippen LogP contribution >= 0.6 is 0 Å². The highest BCUT2D eigenvalue weighted by Crippen LogP contribution is 2.63. The van der Waals surface area contributed by atoms with Crippen molar-refractivity contribution >= 4 is 60.5 Å². The number of anilines is 3. The highest BCUT2D eigenvalue weighted by Gasteiger charge is 2.51. The van der Waals surface area contributed by atoms with Crippen molar-refractivity contribution in [2.75, 3.05) is 4.90 Å². The summed E-state index contributed by atoms with van der Waals surface area (Å²) in [5, 5.41) is 7.08. The van der Waals surface area contributed by atoms with E-state index in [9.17, 15) is 0 Å². The van der Waals surface area contributed by atoms with Gasteiger partial charge in [-0.25, -0.2) is 0 Å². The first-order chi connectivity index (χ1) is 32.2. The Morgan fingerprint density at radius 3 is 1.58 bits per heavy atom. The second kappa shape index (κ2) is 13.8. The highest BCUT2D eigenvalue weighted by atomic mass is 16.3. The third kappa shape index (κ3) is 5.17. The van der Waals surface area contributed by atoms with E-state index in [-0.39, 0.29) is 0 Å². The number of hydrogen-bond donors (Lipinski definition) is 0. The fraction of sp³-hybridized carbons (Fsp3) is 0.0159. The Hall–Kier alpha value is -8.46. The van der Waals surface area contributed by atoms with Gasteiger partial charge in [0.2, 0.25) is 0 Å². The van der Waals surface area contributed by atoms with E-state index in [0.717, 1.165) is 50.1 Å². The Labute approximate surface area is 376 Å². The summed E-state index contributed by atoms with van der Waals surface area (Å²) in [6, 6.07) is 87.3. The van der Waals surface area contributed by atoms with Gasteiger partial charge in [0, 0.05) is 27.7 Å². The average Bonchev–Trinajstić information content (AvgIpc) is 3.99. The topological polar surface area (TPSA) is 16.4 Å². The zero-order valence-corrected chi connectivity index (χ0v) is 35.4. The van der Waals surface area contributed by atoms with Crippen LogP contribution in [0.2, 0.25) is 0 Å². The van der Waals surface area contributed by atoms with Gasteiger partial charge in [0.15, 0.2) is 0 Å². The summed E-state index contributed by atoms with van der Waals surface area (Å²) in [5.74, 6) is 0. The minimum Gasteiger partial charge on any atom is -0.456 e. The first-order valence-electron chi connectivity index (χ1n) is 22.5. The lowest BCUT2D eigenvalue weighted by Gasteiger charge is -2.33. The molecule has 0 atom stereocenters. The first-order valence-corrected chi connectivity index (χ1v) is 22.5. The molecule has 0 amide bonds. The van der Waals surface area contributed by atoms with Crippen molar-refractivity contribution in [2.24, 2.45) is 0 Å². The number of fused-ring (bicyclic) bond motifs is 15. The second-order valence-electron chi connectivity index (χ2n) is 17.6. The van der Waals surface area contributed by atoms with Gasteiger partial charge < -0.3 is 9.32 Å². The molecule has 0 unspecified atom stereocenters. The third-order valence-corrected chi connectivity index (χ3v) is 14.2. The van der Waals surface area contributed by atoms with Crippen molar-refractivity contribution in [3.05, 3.63) is 259 Å². The molecule has 0 fully saturated rings. The Bertz CT molecular complexity index is 3860. The molecule has 0 saturated heterocycles. The van der Waals surface area contributed by atoms with Gasteiger partial charge >= 0.3 is 0 Å². The molecule has 0 N–H and O–H groups in total. The molecule has 1 heterocycles. The van der Waals surface area contributed by atoms with Crippen LogP contribution in [0.3, 0.4) is 0 Å². The molecule has 14 rings (SSSR count). The van der Waals surface area contributed by atoms with E-state index >= 15 is 0 Å². The van der Waals surface area contributed by atoms with Gasteiger partial charge in [0.05, 0.1) is 11.1 Å². The molecule has 1 spiro atoms. The van der Waals surface area contributed by atoms with Crippen LogP contribution in [-0.2, 0) is 5.41 Å². The van der Waals surface area contributed by atoms with Crippen LogP contribution in [-0.4, -0.2) is 0 Å². The Morgan fingerprint density at radius 2 is 0.831 bits per heavy atom. The zero-order chi connectivity index (χ0) is 42.6. The quantitative estimate of drug-likeness (QED) is 0.172. The van der Waals surface area contributed by atoms with E-state index < -0.39 is 5.41 Å². The minimum absolute atomic E-state index is 0.470. The first kappa shape index (κ1) is 36.1. The van der Waals surface area contributed by atoms with Crippen LogP contribution in [0.1, 0.15) is 22.3 Å². The van der Waals surface area contributed by atoms with E-state index in [1.54, 1.807) is 0 Å². The predicted octanol–water partition coefficient (Wildman–Crippen LogP) is 17.0. The van der Waals surface area contributed by atoms with Gasteiger partial charge in [-0.05, 0) is 137 Å². The van der Waals surface area contributed by atoms with Gasteiger partial charge in [0.1, 0.15) is 11.2 Å². The van der Waals surface area contributed by atoms with Crippen molar-refractivity contribution in [3.8, 4) is 44.5 Å². The van der Waals surface area contributed by atoms with E-state index in [1.807, 2.05) is 0 Å². The molecule has 11 aromatic carbocycles. The lowest BCUT2D eigenvalue weighted by atomic mass is 9.70. The van der Waals surface area contributed by atoms with Crippen LogP contribution in [0, 0.1) is 0 Å². The van der Waals surface area contributed by atoms with Crippen LogP contribution in [0.15, 0.2) is 241 Å². The molecule has 65 heavy (non-hydrogen) atoms. The van der Waals surface area contributed by atoms with E-state index in [0.29, 0.717) is 0 Å². The molecule has 0 saturated carbocycles. The second-order valence-corrected chi connectivity index (χ2v) is 17.6. The number of hydrogen-bond acceptors (Lipinski definition) is 2. The minimum atomic E-state index is -0.470. The van der Waals surface area contributed by atoms with Crippen LogP contribution in [0.4, 0.5) is 17.1 Å². The standard InChI is InChI=1S/C63H39NO/c1-2-17-42-38-62-55(36-41(42)16-1)54-37-44(31-34-61(54)65-62)49-22-8-12-30-60(49)64(45-20-13-19-43(35-45)48-26-14-18-40-15-3-4-21-47(40)48)46-32-33-53-52-25-7-11-29-58(52)63(59(53)39-46)56-27-9-5-23-50(56)51-24-6-10-28-57(51)63/h1-39H. The maximum atomic E-state index is 6.51. The molecule has 1 aromatic heterocycles. The summed E-state index contributed by atoms with van der Waals surface area (Å²) in [7, 11) is 0. The maximum absolute atomic E-state index is 6.51. The summed E-state index contributed by atoms with van der Waals surface area (Å²) < 4.78 is 6.51. The van der Waals surface area contributed by atoms with Crippen LogP contribution < -0.4 is 4.90 Å². The highest BCUT2D eigenvalue weighted by molar-refractivity contribution is 6.11. The van der Waals surface area contributed by atoms with Crippen molar-refractivity contribution in [1.82, 2.24) is 0 Å². The Kier molecular flexibility index (Phi) is 7.64. The molecule has 2 heteroatoms. The SMILES string of the molecule is c1cc(-c2cccc3ccccc23)cc(N(c2ccc3c(c2)C2(c4ccccc4-c4ccccc42)c2ccccc2-3)c2ccccc2-c2ccc3oc4cc5ccccc5cc4c3c2)c1. The molecule has 2 aliphatic carbocycles. The lowest BCUT2D eigenvalue weighted by molar-refractivity contribution is 0.669. The smallest absolute Gasteiger partial charge is 0.136 e. The van der Waals surface area contributed by atoms with Crippen LogP contribution in [0.5, 0.6) is 0 Å². The molecule has 2 nitrogen and oxygen atoms in total. The van der Waals surface area contributed by atoms with Gasteiger partial charge in [-0.1, -0.05) is 182 Å². The number of rotatable bonds is 5. The fourth-order valence-corrected chi connectivity index (χ4v) is 11.5. The fourth-order valence-electron chi connectivity index (χ4n) is 11.5. The third-order valence-electron chi connectivity index (χ3n) is 14.2. The van der Waals surface area contributed by atoms with Gasteiger partial charge in [0.25, 0.3) is 0 Å². The average molecular weight is 826 g/mol. The van der Waals surface area contributed by atoms with Gasteiger partial charge in [-0.15, -0.1) is 0 Å². The van der Waals surface area contributed by atoms with Gasteiger partial charge in [-0.3, -0.25) is 0 Å². The van der Waals surface area contributed by atoms with Gasteiger partial charge in [-0.2, -0.15) is 0 Å².